The zero-order valence-electron chi connectivity index (χ0n) is 13.1. The highest BCUT2D eigenvalue weighted by Crippen LogP contribution is 2.12. The number of carboxylic acids is 1. The Morgan fingerprint density at radius 1 is 1.13 bits per heavy atom. The maximum absolute atomic E-state index is 12.0. The van der Waals surface area contributed by atoms with E-state index in [-0.39, 0.29) is 18.6 Å². The van der Waals surface area contributed by atoms with Crippen LogP contribution in [0.25, 0.3) is 0 Å². The van der Waals surface area contributed by atoms with Crippen molar-refractivity contribution in [2.24, 2.45) is 5.73 Å². The maximum atomic E-state index is 12.0. The van der Waals surface area contributed by atoms with Crippen molar-refractivity contribution in [2.45, 2.75) is 39.2 Å². The number of Topliss-reactive ketones (excluding diaryl/α,β-unsaturated/α-hetero) is 1. The summed E-state index contributed by atoms with van der Waals surface area (Å²) in [4.78, 5) is 45.4. The highest BCUT2D eigenvalue weighted by molar-refractivity contribution is 5.98. The zero-order valence-corrected chi connectivity index (χ0v) is 13.1. The van der Waals surface area contributed by atoms with Gasteiger partial charge in [-0.1, -0.05) is 12.1 Å². The summed E-state index contributed by atoms with van der Waals surface area (Å²) in [5.41, 5.74) is 7.48. The van der Waals surface area contributed by atoms with Gasteiger partial charge in [-0.05, 0) is 31.0 Å². The number of carboxylic acid groups (broad SMARTS) is 1. The molecular weight excluding hydrogens is 300 g/mol. The number of carbonyl (C=O) groups excluding carboxylic acids is 3. The van der Waals surface area contributed by atoms with Crippen molar-refractivity contribution in [1.82, 2.24) is 5.32 Å². The summed E-state index contributed by atoms with van der Waals surface area (Å²) >= 11 is 0. The fourth-order valence-electron chi connectivity index (χ4n) is 1.95. The van der Waals surface area contributed by atoms with Crippen LogP contribution in [0.5, 0.6) is 0 Å². The largest absolute Gasteiger partial charge is 0.480 e. The van der Waals surface area contributed by atoms with Crippen LogP contribution in [0.4, 0.5) is 0 Å². The zero-order chi connectivity index (χ0) is 17.6. The number of ketones is 1. The van der Waals surface area contributed by atoms with Crippen LogP contribution in [0.15, 0.2) is 18.2 Å². The van der Waals surface area contributed by atoms with Gasteiger partial charge in [0.25, 0.3) is 0 Å². The van der Waals surface area contributed by atoms with Gasteiger partial charge in [-0.25, -0.2) is 4.79 Å². The Morgan fingerprint density at radius 2 is 1.78 bits per heavy atom. The molecule has 0 aliphatic heterocycles. The molecule has 0 radical (unpaired) electrons. The first-order chi connectivity index (χ1) is 10.7. The molecule has 7 nitrogen and oxygen atoms in total. The van der Waals surface area contributed by atoms with Gasteiger partial charge in [-0.3, -0.25) is 14.4 Å². The molecule has 0 aromatic heterocycles. The molecule has 1 aromatic carbocycles. The predicted molar refractivity (Wildman–Crippen MR) is 82.9 cm³/mol. The van der Waals surface area contributed by atoms with Crippen LogP contribution in [-0.2, 0) is 14.4 Å². The van der Waals surface area contributed by atoms with Crippen LogP contribution in [0, 0.1) is 13.8 Å². The second-order valence-electron chi connectivity index (χ2n) is 5.35. The van der Waals surface area contributed by atoms with E-state index in [0.717, 1.165) is 11.1 Å². The molecule has 0 spiro atoms. The third kappa shape index (κ3) is 5.90. The minimum atomic E-state index is -1.38. The molecule has 0 bridgehead atoms. The molecule has 23 heavy (non-hydrogen) atoms. The Balaban J connectivity index is 2.57. The van der Waals surface area contributed by atoms with Gasteiger partial charge < -0.3 is 16.2 Å². The van der Waals surface area contributed by atoms with E-state index < -0.39 is 30.2 Å². The summed E-state index contributed by atoms with van der Waals surface area (Å²) < 4.78 is 0. The molecule has 0 fully saturated rings. The second kappa shape index (κ2) is 8.07. The SMILES string of the molecule is Cc1ccc(C(=O)CCC(=O)NC(CC(N)=O)C(=O)O)cc1C. The van der Waals surface area contributed by atoms with Crippen molar-refractivity contribution in [3.05, 3.63) is 34.9 Å². The van der Waals surface area contributed by atoms with Crippen molar-refractivity contribution in [3.63, 3.8) is 0 Å². The molecule has 1 aromatic rings. The van der Waals surface area contributed by atoms with E-state index >= 15 is 0 Å². The molecule has 0 saturated heterocycles. The van der Waals surface area contributed by atoms with E-state index in [9.17, 15) is 19.2 Å². The quantitative estimate of drug-likeness (QED) is 0.608. The van der Waals surface area contributed by atoms with Gasteiger partial charge in [-0.2, -0.15) is 0 Å². The molecule has 2 amide bonds. The topological polar surface area (TPSA) is 127 Å². The van der Waals surface area contributed by atoms with E-state index in [1.54, 1.807) is 12.1 Å². The van der Waals surface area contributed by atoms with Gasteiger partial charge in [0.05, 0.1) is 6.42 Å². The molecule has 0 aliphatic carbocycles. The fourth-order valence-corrected chi connectivity index (χ4v) is 1.95. The molecule has 1 atom stereocenters. The van der Waals surface area contributed by atoms with Crippen LogP contribution in [0.2, 0.25) is 0 Å². The smallest absolute Gasteiger partial charge is 0.326 e. The van der Waals surface area contributed by atoms with Crippen molar-refractivity contribution in [1.29, 1.82) is 0 Å². The first kappa shape index (κ1) is 18.3. The highest BCUT2D eigenvalue weighted by atomic mass is 16.4. The first-order valence-corrected chi connectivity index (χ1v) is 7.11. The summed E-state index contributed by atoms with van der Waals surface area (Å²) in [6, 6.07) is 3.89. The predicted octanol–water partition coefficient (Wildman–Crippen LogP) is 0.711. The van der Waals surface area contributed by atoms with E-state index in [1.807, 2.05) is 19.9 Å². The highest BCUT2D eigenvalue weighted by Gasteiger charge is 2.22. The molecule has 0 heterocycles. The molecule has 1 rings (SSSR count). The summed E-state index contributed by atoms with van der Waals surface area (Å²) in [6.07, 6.45) is -0.697. The van der Waals surface area contributed by atoms with Crippen LogP contribution < -0.4 is 11.1 Å². The van der Waals surface area contributed by atoms with Crippen molar-refractivity contribution < 1.29 is 24.3 Å². The lowest BCUT2D eigenvalue weighted by Crippen LogP contribution is -2.43. The summed E-state index contributed by atoms with van der Waals surface area (Å²) in [5, 5.41) is 11.1. The fraction of sp³-hybridized carbons (Fsp3) is 0.375. The lowest BCUT2D eigenvalue weighted by molar-refractivity contribution is -0.143. The number of carbonyl (C=O) groups is 4. The number of aliphatic carboxylic acids is 1. The Hall–Kier alpha value is -2.70. The van der Waals surface area contributed by atoms with Gasteiger partial charge in [0.1, 0.15) is 6.04 Å². The average molecular weight is 320 g/mol. The third-order valence-corrected chi connectivity index (χ3v) is 3.45. The Kier molecular flexibility index (Phi) is 6.44. The van der Waals surface area contributed by atoms with Crippen LogP contribution in [0.3, 0.4) is 0 Å². The summed E-state index contributed by atoms with van der Waals surface area (Å²) in [7, 11) is 0. The first-order valence-electron chi connectivity index (χ1n) is 7.11. The molecule has 1 unspecified atom stereocenters. The number of aryl methyl sites for hydroxylation is 2. The monoisotopic (exact) mass is 320 g/mol. The molecule has 4 N–H and O–H groups in total. The molecule has 0 saturated carbocycles. The van der Waals surface area contributed by atoms with Gasteiger partial charge in [-0.15, -0.1) is 0 Å². The van der Waals surface area contributed by atoms with E-state index in [2.05, 4.69) is 5.32 Å². The maximum Gasteiger partial charge on any atom is 0.326 e. The van der Waals surface area contributed by atoms with Crippen LogP contribution >= 0.6 is 0 Å². The van der Waals surface area contributed by atoms with Gasteiger partial charge >= 0.3 is 5.97 Å². The number of amides is 2. The Labute approximate surface area is 133 Å². The van der Waals surface area contributed by atoms with E-state index in [1.165, 1.54) is 0 Å². The summed E-state index contributed by atoms with van der Waals surface area (Å²) in [6.45, 7) is 3.82. The lowest BCUT2D eigenvalue weighted by atomic mass is 10.0. The summed E-state index contributed by atoms with van der Waals surface area (Å²) in [5.74, 6) is -3.00. The van der Waals surface area contributed by atoms with Gasteiger partial charge in [0.15, 0.2) is 5.78 Å². The standard InChI is InChI=1S/C16H20N2O5/c1-9-3-4-11(7-10(9)2)13(19)5-6-15(21)18-12(16(22)23)8-14(17)20/h3-4,7,12H,5-6,8H2,1-2H3,(H2,17,20)(H,18,21)(H,22,23). The average Bonchev–Trinajstić information content (AvgIpc) is 2.46. The minimum Gasteiger partial charge on any atom is -0.480 e. The lowest BCUT2D eigenvalue weighted by Gasteiger charge is -2.12. The number of rotatable bonds is 8. The number of hydrogen-bond acceptors (Lipinski definition) is 4. The number of nitrogens with two attached hydrogens (primary N) is 1. The number of benzene rings is 1. The number of nitrogens with one attached hydrogen (secondary N) is 1. The Morgan fingerprint density at radius 3 is 2.30 bits per heavy atom. The number of primary amides is 1. The second-order valence-corrected chi connectivity index (χ2v) is 5.35. The normalized spacial score (nSPS) is 11.6. The van der Waals surface area contributed by atoms with Crippen molar-refractivity contribution in [2.75, 3.05) is 0 Å². The molecule has 124 valence electrons. The number of hydrogen-bond donors (Lipinski definition) is 3. The van der Waals surface area contributed by atoms with Crippen molar-refractivity contribution in [3.8, 4) is 0 Å². The van der Waals surface area contributed by atoms with E-state index in [4.69, 9.17) is 10.8 Å². The Bertz CT molecular complexity index is 639. The minimum absolute atomic E-state index is 0.0444. The van der Waals surface area contributed by atoms with E-state index in [0.29, 0.717) is 5.56 Å². The van der Waals surface area contributed by atoms with Gasteiger partial charge in [0.2, 0.25) is 11.8 Å². The third-order valence-electron chi connectivity index (χ3n) is 3.45. The van der Waals surface area contributed by atoms with Crippen molar-refractivity contribution >= 4 is 23.6 Å². The molecule has 0 aliphatic rings. The molecular formula is C16H20N2O5. The van der Waals surface area contributed by atoms with Gasteiger partial charge in [0, 0.05) is 18.4 Å². The van der Waals surface area contributed by atoms with Crippen LogP contribution in [-0.4, -0.2) is 34.7 Å². The molecule has 7 heteroatoms. The van der Waals surface area contributed by atoms with Crippen LogP contribution in [0.1, 0.15) is 40.7 Å².